The van der Waals surface area contributed by atoms with Gasteiger partial charge >= 0.3 is 0 Å². The molecule has 0 aromatic heterocycles. The maximum atomic E-state index is 14.9. The number of likely N-dealkylation sites (N-methyl/N-ethyl adjacent to an activating group) is 1. The Bertz CT molecular complexity index is 1130. The number of anilines is 1. The van der Waals surface area contributed by atoms with Crippen molar-refractivity contribution in [2.45, 2.75) is 32.4 Å². The summed E-state index contributed by atoms with van der Waals surface area (Å²) < 4.78 is 26.1. The monoisotopic (exact) mass is 468 g/mol. The summed E-state index contributed by atoms with van der Waals surface area (Å²) in [5, 5.41) is 11.3. The van der Waals surface area contributed by atoms with Crippen LogP contribution < -0.4 is 9.64 Å². The molecule has 0 aliphatic carbocycles. The van der Waals surface area contributed by atoms with E-state index in [1.54, 1.807) is 30.3 Å². The SMILES string of the molecule is CC(C)OCCCN1C(=O)C(=O)/C(=C(/O)c2ccc3c(c2)N(C)CCO3)C1c1ccccc1F. The van der Waals surface area contributed by atoms with E-state index in [2.05, 4.69) is 0 Å². The summed E-state index contributed by atoms with van der Waals surface area (Å²) >= 11 is 0. The summed E-state index contributed by atoms with van der Waals surface area (Å²) in [5.74, 6) is -1.83. The minimum atomic E-state index is -1.04. The number of likely N-dealkylation sites (tertiary alicyclic amines) is 1. The molecular formula is C26H29FN2O5. The average molecular weight is 469 g/mol. The number of rotatable bonds is 7. The molecule has 2 aliphatic heterocycles. The van der Waals surface area contributed by atoms with Gasteiger partial charge in [-0.15, -0.1) is 0 Å². The van der Waals surface area contributed by atoms with Crippen molar-refractivity contribution >= 4 is 23.1 Å². The maximum absolute atomic E-state index is 14.9. The van der Waals surface area contributed by atoms with E-state index in [-0.39, 0.29) is 29.5 Å². The van der Waals surface area contributed by atoms with Gasteiger partial charge in [-0.25, -0.2) is 4.39 Å². The molecule has 8 heteroatoms. The fourth-order valence-corrected chi connectivity index (χ4v) is 4.34. The molecule has 4 rings (SSSR count). The number of hydrogen-bond donors (Lipinski definition) is 1. The van der Waals surface area contributed by atoms with Crippen molar-refractivity contribution in [2.75, 3.05) is 38.3 Å². The molecule has 2 heterocycles. The maximum Gasteiger partial charge on any atom is 0.295 e. The van der Waals surface area contributed by atoms with Gasteiger partial charge in [-0.2, -0.15) is 0 Å². The van der Waals surface area contributed by atoms with Crippen molar-refractivity contribution in [3.8, 4) is 5.75 Å². The van der Waals surface area contributed by atoms with Crippen LogP contribution >= 0.6 is 0 Å². The Hall–Kier alpha value is -3.39. The third kappa shape index (κ3) is 4.50. The lowest BCUT2D eigenvalue weighted by atomic mass is 9.94. The zero-order valence-electron chi connectivity index (χ0n) is 19.6. The number of nitrogens with zero attached hydrogens (tertiary/aromatic N) is 2. The number of ether oxygens (including phenoxy) is 2. The van der Waals surface area contributed by atoms with E-state index in [9.17, 15) is 19.1 Å². The van der Waals surface area contributed by atoms with Gasteiger partial charge in [0.1, 0.15) is 23.9 Å². The molecule has 1 saturated heterocycles. The van der Waals surface area contributed by atoms with Crippen molar-refractivity contribution in [2.24, 2.45) is 0 Å². The highest BCUT2D eigenvalue weighted by atomic mass is 19.1. The first-order chi connectivity index (χ1) is 16.3. The molecule has 2 aliphatic rings. The van der Waals surface area contributed by atoms with E-state index in [1.807, 2.05) is 25.8 Å². The quantitative estimate of drug-likeness (QED) is 0.288. The highest BCUT2D eigenvalue weighted by Crippen LogP contribution is 2.41. The Morgan fingerprint density at radius 2 is 2.00 bits per heavy atom. The number of carbonyl (C=O) groups is 2. The van der Waals surface area contributed by atoms with Crippen LogP contribution in [-0.2, 0) is 14.3 Å². The first kappa shape index (κ1) is 23.8. The average Bonchev–Trinajstić information content (AvgIpc) is 3.06. The van der Waals surface area contributed by atoms with Crippen LogP contribution in [0.25, 0.3) is 5.76 Å². The summed E-state index contributed by atoms with van der Waals surface area (Å²) in [6.45, 7) is 5.62. The summed E-state index contributed by atoms with van der Waals surface area (Å²) in [7, 11) is 1.91. The van der Waals surface area contributed by atoms with Crippen molar-refractivity contribution in [1.29, 1.82) is 0 Å². The lowest BCUT2D eigenvalue weighted by molar-refractivity contribution is -0.140. The predicted octanol–water partition coefficient (Wildman–Crippen LogP) is 3.89. The largest absolute Gasteiger partial charge is 0.507 e. The molecule has 1 fully saturated rings. The molecule has 0 saturated carbocycles. The van der Waals surface area contributed by atoms with Gasteiger partial charge in [0.2, 0.25) is 0 Å². The van der Waals surface area contributed by atoms with E-state index in [1.165, 1.54) is 17.0 Å². The number of ketones is 1. The standard InChI is InChI=1S/C26H29FN2O5/c1-16(2)33-13-6-11-29-23(18-7-4-5-8-19(18)27)22(25(31)26(29)32)24(30)17-9-10-21-20(15-17)28(3)12-14-34-21/h4-5,7-10,15-16,23,30H,6,11-14H2,1-3H3/b24-22+. The predicted molar refractivity (Wildman–Crippen MR) is 126 cm³/mol. The topological polar surface area (TPSA) is 79.3 Å². The Balaban J connectivity index is 1.77. The number of halogens is 1. The Morgan fingerprint density at radius 3 is 2.74 bits per heavy atom. The molecule has 1 unspecified atom stereocenters. The Morgan fingerprint density at radius 1 is 1.24 bits per heavy atom. The van der Waals surface area contributed by atoms with Crippen LogP contribution in [0.15, 0.2) is 48.0 Å². The van der Waals surface area contributed by atoms with Crippen LogP contribution in [-0.4, -0.2) is 61.2 Å². The summed E-state index contributed by atoms with van der Waals surface area (Å²) in [6.07, 6.45) is 0.501. The zero-order chi connectivity index (χ0) is 24.4. The lowest BCUT2D eigenvalue weighted by Crippen LogP contribution is -2.31. The van der Waals surface area contributed by atoms with Gasteiger partial charge in [-0.1, -0.05) is 18.2 Å². The summed E-state index contributed by atoms with van der Waals surface area (Å²) in [4.78, 5) is 29.4. The Kier molecular flexibility index (Phi) is 6.88. The van der Waals surface area contributed by atoms with Gasteiger partial charge in [0.15, 0.2) is 0 Å². The molecule has 0 bridgehead atoms. The van der Waals surface area contributed by atoms with Gasteiger partial charge in [0.05, 0.1) is 30.0 Å². The molecule has 34 heavy (non-hydrogen) atoms. The molecular weight excluding hydrogens is 439 g/mol. The molecule has 1 N–H and O–H groups in total. The van der Waals surface area contributed by atoms with Gasteiger partial charge in [0.25, 0.3) is 11.7 Å². The van der Waals surface area contributed by atoms with Crippen LogP contribution in [0.5, 0.6) is 5.75 Å². The van der Waals surface area contributed by atoms with E-state index in [0.29, 0.717) is 37.5 Å². The number of Topliss-reactive ketones (excluding diaryl/α,β-unsaturated/α-hetero) is 1. The zero-order valence-corrected chi connectivity index (χ0v) is 19.6. The third-order valence-corrected chi connectivity index (χ3v) is 6.06. The van der Waals surface area contributed by atoms with Crippen molar-refractivity contribution in [1.82, 2.24) is 4.90 Å². The third-order valence-electron chi connectivity index (χ3n) is 6.06. The normalized spacial score (nSPS) is 19.5. The van der Waals surface area contributed by atoms with Crippen molar-refractivity contribution in [3.63, 3.8) is 0 Å². The minimum Gasteiger partial charge on any atom is -0.507 e. The van der Waals surface area contributed by atoms with Crippen LogP contribution in [0.4, 0.5) is 10.1 Å². The molecule has 0 radical (unpaired) electrons. The highest BCUT2D eigenvalue weighted by molar-refractivity contribution is 6.46. The number of hydrogen-bond acceptors (Lipinski definition) is 6. The van der Waals surface area contributed by atoms with Crippen molar-refractivity contribution in [3.05, 3.63) is 65.0 Å². The molecule has 1 atom stereocenters. The van der Waals surface area contributed by atoms with Gasteiger partial charge in [-0.05, 0) is 44.5 Å². The second-order valence-corrected chi connectivity index (χ2v) is 8.74. The van der Waals surface area contributed by atoms with E-state index in [0.717, 1.165) is 5.69 Å². The first-order valence-corrected chi connectivity index (χ1v) is 11.4. The number of benzene rings is 2. The molecule has 0 spiro atoms. The lowest BCUT2D eigenvalue weighted by Gasteiger charge is -2.28. The van der Waals surface area contributed by atoms with Crippen LogP contribution in [0, 0.1) is 5.82 Å². The minimum absolute atomic E-state index is 0.0314. The van der Waals surface area contributed by atoms with Crippen LogP contribution in [0.2, 0.25) is 0 Å². The fraction of sp³-hybridized carbons (Fsp3) is 0.385. The van der Waals surface area contributed by atoms with Crippen LogP contribution in [0.3, 0.4) is 0 Å². The van der Waals surface area contributed by atoms with E-state index in [4.69, 9.17) is 9.47 Å². The van der Waals surface area contributed by atoms with E-state index >= 15 is 0 Å². The molecule has 7 nitrogen and oxygen atoms in total. The second kappa shape index (κ2) is 9.85. The first-order valence-electron chi connectivity index (χ1n) is 11.4. The summed E-state index contributed by atoms with van der Waals surface area (Å²) in [6, 6.07) is 10.0. The highest BCUT2D eigenvalue weighted by Gasteiger charge is 2.46. The number of fused-ring (bicyclic) bond motifs is 1. The Labute approximate surface area is 198 Å². The summed E-state index contributed by atoms with van der Waals surface area (Å²) in [5.41, 5.74) is 1.15. The molecule has 180 valence electrons. The number of carbonyl (C=O) groups excluding carboxylic acids is 2. The number of aliphatic hydroxyl groups is 1. The van der Waals surface area contributed by atoms with Crippen LogP contribution in [0.1, 0.15) is 37.4 Å². The second-order valence-electron chi connectivity index (χ2n) is 8.74. The van der Waals surface area contributed by atoms with Gasteiger partial charge in [-0.3, -0.25) is 9.59 Å². The van der Waals surface area contributed by atoms with Gasteiger partial charge < -0.3 is 24.4 Å². The number of amides is 1. The smallest absolute Gasteiger partial charge is 0.295 e. The fourth-order valence-electron chi connectivity index (χ4n) is 4.34. The van der Waals surface area contributed by atoms with Gasteiger partial charge in [0, 0.05) is 31.3 Å². The van der Waals surface area contributed by atoms with Crippen molar-refractivity contribution < 1.29 is 28.6 Å². The number of aliphatic hydroxyl groups excluding tert-OH is 1. The van der Waals surface area contributed by atoms with E-state index < -0.39 is 23.5 Å². The molecule has 2 aromatic rings. The molecule has 1 amide bonds. The molecule has 2 aromatic carbocycles.